The first-order chi connectivity index (χ1) is 7.29. The third kappa shape index (κ3) is 2.22. The number of rotatable bonds is 2. The molecule has 0 saturated heterocycles. The first-order valence-corrected chi connectivity index (χ1v) is 5.32. The number of hydrogen-bond donors (Lipinski definition) is 2. The topological polar surface area (TPSA) is 26.0 Å². The molecule has 2 rings (SSSR count). The molecule has 0 aliphatic rings. The van der Waals surface area contributed by atoms with Gasteiger partial charge in [-0.3, -0.25) is 0 Å². The molecule has 2 heteroatoms. The minimum atomic E-state index is -0.0973. The highest BCUT2D eigenvalue weighted by Crippen LogP contribution is 2.24. The van der Waals surface area contributed by atoms with Gasteiger partial charge in [-0.2, -0.15) is 0 Å². The van der Waals surface area contributed by atoms with Crippen molar-refractivity contribution in [2.75, 3.05) is 0 Å². The molecule has 0 saturated carbocycles. The van der Waals surface area contributed by atoms with Crippen LogP contribution in [0.5, 0.6) is 0 Å². The number of nitrogens with two attached hydrogens (primary N) is 1. The van der Waals surface area contributed by atoms with Gasteiger partial charge in [-0.05, 0) is 17.2 Å². The second-order valence-corrected chi connectivity index (χ2v) is 3.93. The van der Waals surface area contributed by atoms with Crippen LogP contribution in [-0.4, -0.2) is 0 Å². The van der Waals surface area contributed by atoms with Gasteiger partial charge in [0, 0.05) is 4.90 Å². The molecule has 2 N–H and O–H groups in total. The van der Waals surface area contributed by atoms with Crippen LogP contribution in [-0.2, 0) is 0 Å². The van der Waals surface area contributed by atoms with Gasteiger partial charge in [0.05, 0.1) is 6.04 Å². The van der Waals surface area contributed by atoms with E-state index in [0.717, 1.165) is 16.0 Å². The van der Waals surface area contributed by atoms with Crippen LogP contribution in [0.2, 0.25) is 0 Å². The second-order valence-electron chi connectivity index (χ2n) is 3.45. The van der Waals surface area contributed by atoms with Crippen LogP contribution in [0.3, 0.4) is 0 Å². The summed E-state index contributed by atoms with van der Waals surface area (Å²) in [5.74, 6) is 0. The van der Waals surface area contributed by atoms with Gasteiger partial charge in [0.25, 0.3) is 0 Å². The Labute approximate surface area is 95.3 Å². The molecule has 0 amide bonds. The minimum Gasteiger partial charge on any atom is -0.320 e. The van der Waals surface area contributed by atoms with Crippen molar-refractivity contribution < 1.29 is 0 Å². The fourth-order valence-electron chi connectivity index (χ4n) is 1.59. The lowest BCUT2D eigenvalue weighted by atomic mass is 10.00. The van der Waals surface area contributed by atoms with E-state index in [2.05, 4.69) is 12.6 Å². The SMILES string of the molecule is NC(c1ccccc1)c1ccccc1S. The molecule has 1 atom stereocenters. The smallest absolute Gasteiger partial charge is 0.0562 e. The highest BCUT2D eigenvalue weighted by molar-refractivity contribution is 7.80. The zero-order valence-electron chi connectivity index (χ0n) is 8.30. The molecule has 0 fully saturated rings. The Morgan fingerprint density at radius 1 is 0.867 bits per heavy atom. The van der Waals surface area contributed by atoms with E-state index in [4.69, 9.17) is 5.73 Å². The molecule has 0 radical (unpaired) electrons. The summed E-state index contributed by atoms with van der Waals surface area (Å²) in [4.78, 5) is 0.939. The average Bonchev–Trinajstić information content (AvgIpc) is 2.30. The van der Waals surface area contributed by atoms with E-state index < -0.39 is 0 Å². The van der Waals surface area contributed by atoms with Crippen molar-refractivity contribution in [1.82, 2.24) is 0 Å². The quantitative estimate of drug-likeness (QED) is 0.740. The van der Waals surface area contributed by atoms with Crippen LogP contribution in [0.15, 0.2) is 59.5 Å². The molecule has 0 aliphatic carbocycles. The Kier molecular flexibility index (Phi) is 3.09. The van der Waals surface area contributed by atoms with Crippen LogP contribution < -0.4 is 5.73 Å². The standard InChI is InChI=1S/C13H13NS/c14-13(10-6-2-1-3-7-10)11-8-4-5-9-12(11)15/h1-9,13,15H,14H2. The summed E-state index contributed by atoms with van der Waals surface area (Å²) in [6, 6.07) is 17.9. The lowest BCUT2D eigenvalue weighted by molar-refractivity contribution is 0.849. The van der Waals surface area contributed by atoms with E-state index >= 15 is 0 Å². The summed E-state index contributed by atoms with van der Waals surface area (Å²) >= 11 is 4.41. The third-order valence-corrected chi connectivity index (χ3v) is 2.84. The predicted molar refractivity (Wildman–Crippen MR) is 66.2 cm³/mol. The van der Waals surface area contributed by atoms with E-state index in [1.165, 1.54) is 0 Å². The summed E-state index contributed by atoms with van der Waals surface area (Å²) in [5.41, 5.74) is 8.34. The van der Waals surface area contributed by atoms with Crippen molar-refractivity contribution in [3.8, 4) is 0 Å². The number of thiol groups is 1. The summed E-state index contributed by atoms with van der Waals surface area (Å²) in [6.07, 6.45) is 0. The average molecular weight is 215 g/mol. The van der Waals surface area contributed by atoms with Crippen molar-refractivity contribution in [2.24, 2.45) is 5.73 Å². The molecule has 76 valence electrons. The molecular weight excluding hydrogens is 202 g/mol. The molecule has 2 aromatic rings. The molecule has 1 unspecified atom stereocenters. The normalized spacial score (nSPS) is 12.4. The molecule has 0 aromatic heterocycles. The lowest BCUT2D eigenvalue weighted by Crippen LogP contribution is -2.12. The van der Waals surface area contributed by atoms with Gasteiger partial charge in [-0.15, -0.1) is 12.6 Å². The second kappa shape index (κ2) is 4.51. The van der Waals surface area contributed by atoms with E-state index in [-0.39, 0.29) is 6.04 Å². The predicted octanol–water partition coefficient (Wildman–Crippen LogP) is 3.02. The summed E-state index contributed by atoms with van der Waals surface area (Å²) in [7, 11) is 0. The first kappa shape index (κ1) is 10.3. The van der Waals surface area contributed by atoms with E-state index in [1.807, 2.05) is 54.6 Å². The van der Waals surface area contributed by atoms with Crippen molar-refractivity contribution in [1.29, 1.82) is 0 Å². The van der Waals surface area contributed by atoms with E-state index in [1.54, 1.807) is 0 Å². The monoisotopic (exact) mass is 215 g/mol. The third-order valence-electron chi connectivity index (χ3n) is 2.43. The van der Waals surface area contributed by atoms with Crippen molar-refractivity contribution >= 4 is 12.6 Å². The maximum Gasteiger partial charge on any atom is 0.0562 e. The highest BCUT2D eigenvalue weighted by atomic mass is 32.1. The Bertz CT molecular complexity index is 439. The van der Waals surface area contributed by atoms with Crippen LogP contribution in [0.1, 0.15) is 17.2 Å². The summed E-state index contributed by atoms with van der Waals surface area (Å²) < 4.78 is 0. The zero-order chi connectivity index (χ0) is 10.7. The fraction of sp³-hybridized carbons (Fsp3) is 0.0769. The van der Waals surface area contributed by atoms with Crippen LogP contribution in [0.4, 0.5) is 0 Å². The Morgan fingerprint density at radius 3 is 2.13 bits per heavy atom. The van der Waals surface area contributed by atoms with Gasteiger partial charge in [-0.25, -0.2) is 0 Å². The molecular formula is C13H13NS. The first-order valence-electron chi connectivity index (χ1n) is 4.87. The summed E-state index contributed by atoms with van der Waals surface area (Å²) in [6.45, 7) is 0. The number of hydrogen-bond acceptors (Lipinski definition) is 2. The molecule has 0 bridgehead atoms. The van der Waals surface area contributed by atoms with Gasteiger partial charge in [0.15, 0.2) is 0 Å². The summed E-state index contributed by atoms with van der Waals surface area (Å²) in [5, 5.41) is 0. The van der Waals surface area contributed by atoms with Crippen LogP contribution in [0, 0.1) is 0 Å². The molecule has 2 aromatic carbocycles. The van der Waals surface area contributed by atoms with E-state index in [0.29, 0.717) is 0 Å². The Morgan fingerprint density at radius 2 is 1.47 bits per heavy atom. The maximum atomic E-state index is 6.17. The molecule has 0 heterocycles. The molecule has 1 nitrogen and oxygen atoms in total. The van der Waals surface area contributed by atoms with Crippen LogP contribution >= 0.6 is 12.6 Å². The molecule has 0 spiro atoms. The van der Waals surface area contributed by atoms with Crippen LogP contribution in [0.25, 0.3) is 0 Å². The highest BCUT2D eigenvalue weighted by Gasteiger charge is 2.10. The number of benzene rings is 2. The van der Waals surface area contributed by atoms with Gasteiger partial charge in [0.1, 0.15) is 0 Å². The van der Waals surface area contributed by atoms with E-state index in [9.17, 15) is 0 Å². The lowest BCUT2D eigenvalue weighted by Gasteiger charge is -2.14. The van der Waals surface area contributed by atoms with Gasteiger partial charge < -0.3 is 5.73 Å². The van der Waals surface area contributed by atoms with Crippen molar-refractivity contribution in [3.63, 3.8) is 0 Å². The zero-order valence-corrected chi connectivity index (χ0v) is 9.19. The largest absolute Gasteiger partial charge is 0.320 e. The van der Waals surface area contributed by atoms with Crippen molar-refractivity contribution in [3.05, 3.63) is 65.7 Å². The van der Waals surface area contributed by atoms with Crippen molar-refractivity contribution in [2.45, 2.75) is 10.9 Å². The van der Waals surface area contributed by atoms with Gasteiger partial charge in [-0.1, -0.05) is 48.5 Å². The Hall–Kier alpha value is -1.25. The molecule has 0 aliphatic heterocycles. The molecule has 15 heavy (non-hydrogen) atoms. The minimum absolute atomic E-state index is 0.0973. The fourth-order valence-corrected chi connectivity index (χ4v) is 1.89. The maximum absolute atomic E-state index is 6.17. The van der Waals surface area contributed by atoms with Gasteiger partial charge in [0.2, 0.25) is 0 Å². The Balaban J connectivity index is 2.37. The van der Waals surface area contributed by atoms with Gasteiger partial charge >= 0.3 is 0 Å².